The first-order chi connectivity index (χ1) is 6.47. The summed E-state index contributed by atoms with van der Waals surface area (Å²) in [6, 6.07) is 0.781. The van der Waals surface area contributed by atoms with Crippen molar-refractivity contribution in [2.45, 2.75) is 58.0 Å². The van der Waals surface area contributed by atoms with Gasteiger partial charge in [-0.3, -0.25) is 4.90 Å². The van der Waals surface area contributed by atoms with E-state index in [0.717, 1.165) is 12.6 Å². The van der Waals surface area contributed by atoms with Crippen molar-refractivity contribution in [2.75, 3.05) is 13.2 Å². The Morgan fingerprint density at radius 1 is 1.29 bits per heavy atom. The van der Waals surface area contributed by atoms with E-state index in [9.17, 15) is 5.11 Å². The summed E-state index contributed by atoms with van der Waals surface area (Å²) in [5, 5.41) is 9.52. The van der Waals surface area contributed by atoms with E-state index in [1.54, 1.807) is 0 Å². The summed E-state index contributed by atoms with van der Waals surface area (Å²) >= 11 is 0. The number of aliphatic hydroxyl groups is 1. The number of rotatable bonds is 1. The molecule has 0 radical (unpaired) electrons. The molecule has 2 heteroatoms. The van der Waals surface area contributed by atoms with Crippen molar-refractivity contribution in [2.24, 2.45) is 5.41 Å². The predicted octanol–water partition coefficient (Wildman–Crippen LogP) is 2.02. The van der Waals surface area contributed by atoms with E-state index < -0.39 is 0 Å². The zero-order valence-corrected chi connectivity index (χ0v) is 9.71. The molecule has 0 unspecified atom stereocenters. The minimum Gasteiger partial charge on any atom is -0.396 e. The average molecular weight is 197 g/mol. The van der Waals surface area contributed by atoms with Crippen molar-refractivity contribution >= 4 is 0 Å². The molecular weight excluding hydrogens is 174 g/mol. The van der Waals surface area contributed by atoms with Gasteiger partial charge in [0.25, 0.3) is 0 Å². The second-order valence-electron chi connectivity index (χ2n) is 6.19. The molecule has 14 heavy (non-hydrogen) atoms. The lowest BCUT2D eigenvalue weighted by Crippen LogP contribution is -2.61. The van der Waals surface area contributed by atoms with Crippen LogP contribution in [0.5, 0.6) is 0 Å². The van der Waals surface area contributed by atoms with Crippen LogP contribution in [0.1, 0.15) is 46.5 Å². The molecule has 0 aromatic rings. The van der Waals surface area contributed by atoms with Crippen LogP contribution in [-0.2, 0) is 0 Å². The van der Waals surface area contributed by atoms with E-state index >= 15 is 0 Å². The van der Waals surface area contributed by atoms with Crippen LogP contribution in [0, 0.1) is 5.41 Å². The summed E-state index contributed by atoms with van der Waals surface area (Å²) in [7, 11) is 0. The molecule has 0 atom stereocenters. The summed E-state index contributed by atoms with van der Waals surface area (Å²) in [5.74, 6) is 0. The van der Waals surface area contributed by atoms with E-state index in [4.69, 9.17) is 0 Å². The maximum Gasteiger partial charge on any atom is 0.0499 e. The Morgan fingerprint density at radius 2 is 1.86 bits per heavy atom. The molecule has 2 aliphatic heterocycles. The number of hydrogen-bond donors (Lipinski definition) is 1. The molecule has 3 aliphatic rings. The van der Waals surface area contributed by atoms with Crippen LogP contribution in [0.3, 0.4) is 0 Å². The monoisotopic (exact) mass is 197 g/mol. The Bertz CT molecular complexity index is 211. The SMILES string of the molecule is CC(C)(C)N1CC2(CO)CCC1CC2. The van der Waals surface area contributed by atoms with Crippen LogP contribution in [-0.4, -0.2) is 34.7 Å². The number of hydrogen-bond acceptors (Lipinski definition) is 2. The molecule has 2 heterocycles. The van der Waals surface area contributed by atoms with Crippen LogP contribution in [0.25, 0.3) is 0 Å². The molecule has 2 saturated heterocycles. The molecule has 1 saturated carbocycles. The van der Waals surface area contributed by atoms with Crippen LogP contribution in [0.4, 0.5) is 0 Å². The molecule has 82 valence electrons. The highest BCUT2D eigenvalue weighted by molar-refractivity contribution is 5.00. The molecule has 0 aromatic carbocycles. The van der Waals surface area contributed by atoms with E-state index in [1.165, 1.54) is 25.7 Å². The van der Waals surface area contributed by atoms with Crippen molar-refractivity contribution in [3.63, 3.8) is 0 Å². The Balaban J connectivity index is 2.16. The molecule has 3 fully saturated rings. The summed E-state index contributed by atoms with van der Waals surface area (Å²) in [6.45, 7) is 8.36. The molecule has 2 bridgehead atoms. The fraction of sp³-hybridized carbons (Fsp3) is 1.00. The third-order valence-corrected chi connectivity index (χ3v) is 4.16. The van der Waals surface area contributed by atoms with Gasteiger partial charge in [0.2, 0.25) is 0 Å². The van der Waals surface area contributed by atoms with Gasteiger partial charge in [-0.15, -0.1) is 0 Å². The Morgan fingerprint density at radius 3 is 2.29 bits per heavy atom. The van der Waals surface area contributed by atoms with Crippen LogP contribution in [0.2, 0.25) is 0 Å². The van der Waals surface area contributed by atoms with Crippen LogP contribution >= 0.6 is 0 Å². The lowest BCUT2D eigenvalue weighted by Gasteiger charge is -2.56. The molecule has 3 rings (SSSR count). The summed E-state index contributed by atoms with van der Waals surface area (Å²) in [5.41, 5.74) is 0.508. The van der Waals surface area contributed by atoms with Crippen molar-refractivity contribution in [1.82, 2.24) is 4.90 Å². The van der Waals surface area contributed by atoms with Gasteiger partial charge in [0.05, 0.1) is 0 Å². The van der Waals surface area contributed by atoms with Crippen LogP contribution in [0.15, 0.2) is 0 Å². The molecule has 0 amide bonds. The molecular formula is C12H23NO. The second-order valence-corrected chi connectivity index (χ2v) is 6.19. The first-order valence-electron chi connectivity index (χ1n) is 5.84. The van der Waals surface area contributed by atoms with E-state index in [2.05, 4.69) is 25.7 Å². The minimum atomic E-state index is 0.238. The van der Waals surface area contributed by atoms with Gasteiger partial charge in [0, 0.05) is 30.1 Å². The minimum absolute atomic E-state index is 0.238. The lowest BCUT2D eigenvalue weighted by atomic mass is 9.67. The fourth-order valence-electron chi connectivity index (χ4n) is 3.17. The van der Waals surface area contributed by atoms with Crippen molar-refractivity contribution < 1.29 is 5.11 Å². The molecule has 0 aromatic heterocycles. The third kappa shape index (κ3) is 1.59. The number of piperidine rings is 2. The predicted molar refractivity (Wildman–Crippen MR) is 58.2 cm³/mol. The third-order valence-electron chi connectivity index (χ3n) is 4.16. The summed E-state index contributed by atoms with van der Waals surface area (Å²) in [4.78, 5) is 2.61. The van der Waals surface area contributed by atoms with Gasteiger partial charge in [-0.05, 0) is 46.5 Å². The quantitative estimate of drug-likeness (QED) is 0.695. The van der Waals surface area contributed by atoms with Crippen LogP contribution < -0.4 is 0 Å². The smallest absolute Gasteiger partial charge is 0.0499 e. The highest BCUT2D eigenvalue weighted by atomic mass is 16.3. The van der Waals surface area contributed by atoms with Gasteiger partial charge >= 0.3 is 0 Å². The number of aliphatic hydroxyl groups excluding tert-OH is 1. The topological polar surface area (TPSA) is 23.5 Å². The average Bonchev–Trinajstić information content (AvgIpc) is 2.18. The molecule has 1 aliphatic carbocycles. The zero-order valence-electron chi connectivity index (χ0n) is 9.71. The molecule has 1 N–H and O–H groups in total. The van der Waals surface area contributed by atoms with Gasteiger partial charge in [-0.1, -0.05) is 0 Å². The fourth-order valence-corrected chi connectivity index (χ4v) is 3.17. The highest BCUT2D eigenvalue weighted by Gasteiger charge is 2.47. The number of nitrogens with zero attached hydrogens (tertiary/aromatic N) is 1. The summed E-state index contributed by atoms with van der Waals surface area (Å²) in [6.07, 6.45) is 5.05. The van der Waals surface area contributed by atoms with E-state index in [1.807, 2.05) is 0 Å². The van der Waals surface area contributed by atoms with Crippen molar-refractivity contribution in [3.8, 4) is 0 Å². The zero-order chi connectivity index (χ0) is 10.4. The standard InChI is InChI=1S/C12H23NO/c1-11(2,3)13-8-12(9-14)6-4-10(13)5-7-12/h10,14H,4-9H2,1-3H3. The van der Waals surface area contributed by atoms with Gasteiger partial charge in [0.1, 0.15) is 0 Å². The number of fused-ring (bicyclic) bond motifs is 3. The van der Waals surface area contributed by atoms with Crippen molar-refractivity contribution in [1.29, 1.82) is 0 Å². The largest absolute Gasteiger partial charge is 0.396 e. The Labute approximate surface area is 87.3 Å². The van der Waals surface area contributed by atoms with Gasteiger partial charge in [0.15, 0.2) is 0 Å². The van der Waals surface area contributed by atoms with E-state index in [-0.39, 0.29) is 11.0 Å². The lowest BCUT2D eigenvalue weighted by molar-refractivity contribution is -0.0883. The molecule has 2 nitrogen and oxygen atoms in total. The molecule has 0 spiro atoms. The van der Waals surface area contributed by atoms with Gasteiger partial charge in [-0.2, -0.15) is 0 Å². The van der Waals surface area contributed by atoms with Gasteiger partial charge < -0.3 is 5.11 Å². The van der Waals surface area contributed by atoms with Gasteiger partial charge in [-0.25, -0.2) is 0 Å². The van der Waals surface area contributed by atoms with E-state index in [0.29, 0.717) is 6.61 Å². The first-order valence-corrected chi connectivity index (χ1v) is 5.84. The first kappa shape index (κ1) is 10.4. The van der Waals surface area contributed by atoms with Crippen molar-refractivity contribution in [3.05, 3.63) is 0 Å². The maximum absolute atomic E-state index is 9.52. The highest BCUT2D eigenvalue weighted by Crippen LogP contribution is 2.46. The Hall–Kier alpha value is -0.0800. The normalized spacial score (nSPS) is 39.0. The maximum atomic E-state index is 9.52. The Kier molecular flexibility index (Phi) is 2.39. The summed E-state index contributed by atoms with van der Waals surface area (Å²) < 4.78 is 0. The second kappa shape index (κ2) is 3.21.